The summed E-state index contributed by atoms with van der Waals surface area (Å²) in [6.45, 7) is 4.80. The molecule has 0 aliphatic carbocycles. The lowest BCUT2D eigenvalue weighted by molar-refractivity contribution is -0.870. The number of aliphatic carboxylic acids is 1. The van der Waals surface area contributed by atoms with Crippen LogP contribution in [0.1, 0.15) is 309 Å². The lowest BCUT2D eigenvalue weighted by atomic mass is 10.0. The van der Waals surface area contributed by atoms with Crippen molar-refractivity contribution in [1.82, 2.24) is 0 Å². The summed E-state index contributed by atoms with van der Waals surface area (Å²) in [5.41, 5.74) is 0. The minimum absolute atomic E-state index is 0.182. The zero-order chi connectivity index (χ0) is 59.1. The predicted octanol–water partition coefficient (Wildman–Crippen LogP) is 20.9. The van der Waals surface area contributed by atoms with Crippen LogP contribution in [0.5, 0.6) is 0 Å². The first kappa shape index (κ1) is 77.7. The molecule has 81 heavy (non-hydrogen) atoms. The quantitative estimate of drug-likeness (QED) is 0.0211. The molecule has 0 saturated heterocycles. The van der Waals surface area contributed by atoms with Crippen molar-refractivity contribution in [2.45, 2.75) is 322 Å². The minimum atomic E-state index is -1.51. The average Bonchev–Trinajstić information content (AvgIpc) is 3.44. The van der Waals surface area contributed by atoms with Crippen LogP contribution in [0, 0.1) is 0 Å². The highest BCUT2D eigenvalue weighted by Crippen LogP contribution is 2.18. The molecule has 1 N–H and O–H groups in total. The molecule has 0 aliphatic rings. The molecule has 0 bridgehead atoms. The van der Waals surface area contributed by atoms with E-state index in [1.165, 1.54) is 212 Å². The first-order valence-corrected chi connectivity index (χ1v) is 34.1. The highest BCUT2D eigenvalue weighted by molar-refractivity contribution is 5.71. The number of quaternary nitrogens is 1. The standard InChI is InChI=1S/C72H129NO8/c1-6-8-10-12-14-16-18-20-22-24-26-28-30-32-34-35-37-39-41-43-45-47-49-51-53-55-57-59-61-63-70(75)81-68(67-80-72(71(76)77)78-65-64-73(3,4)5)66-79-69(74)62-60-58-56-54-52-50-48-46-44-42-40-38-36-33-31-29-27-25-23-21-19-17-15-13-11-9-7-2/h8,10,14,16,20,22,25-28,32,34,68,72H,6-7,9,11-13,15,17-19,21,23-24,29-31,33,35-67H2,1-5H3/p+1/b10-8-,16-14-,22-20-,27-25-,28-26-,34-32-. The molecular formula is C72H130NO8+. The minimum Gasteiger partial charge on any atom is -0.477 e. The number of ether oxygens (including phenoxy) is 4. The van der Waals surface area contributed by atoms with E-state index in [1.54, 1.807) is 0 Å². The number of hydrogen-bond acceptors (Lipinski definition) is 7. The van der Waals surface area contributed by atoms with Gasteiger partial charge in [0.25, 0.3) is 6.29 Å². The van der Waals surface area contributed by atoms with Crippen molar-refractivity contribution in [3.05, 3.63) is 72.9 Å². The summed E-state index contributed by atoms with van der Waals surface area (Å²) in [6, 6.07) is 0. The molecule has 0 spiro atoms. The molecule has 0 rings (SSSR count). The number of likely N-dealkylation sites (N-methyl/N-ethyl adjacent to an activating group) is 1. The second-order valence-corrected chi connectivity index (χ2v) is 24.1. The molecule has 2 unspecified atom stereocenters. The van der Waals surface area contributed by atoms with E-state index in [9.17, 15) is 19.5 Å². The van der Waals surface area contributed by atoms with Crippen LogP contribution < -0.4 is 0 Å². The van der Waals surface area contributed by atoms with Crippen molar-refractivity contribution in [2.24, 2.45) is 0 Å². The Bertz CT molecular complexity index is 1560. The summed E-state index contributed by atoms with van der Waals surface area (Å²) in [5.74, 6) is -1.99. The number of hydrogen-bond donors (Lipinski definition) is 1. The first-order chi connectivity index (χ1) is 39.6. The van der Waals surface area contributed by atoms with Crippen LogP contribution in [-0.2, 0) is 33.3 Å². The molecule has 9 heteroatoms. The van der Waals surface area contributed by atoms with Crippen molar-refractivity contribution in [2.75, 3.05) is 47.5 Å². The maximum absolute atomic E-state index is 12.9. The Kier molecular flexibility index (Phi) is 60.2. The van der Waals surface area contributed by atoms with Gasteiger partial charge in [0.05, 0.1) is 34.4 Å². The second-order valence-electron chi connectivity index (χ2n) is 24.1. The number of unbranched alkanes of at least 4 members (excludes halogenated alkanes) is 36. The largest absolute Gasteiger partial charge is 0.477 e. The Labute approximate surface area is 500 Å². The SMILES string of the molecule is CC/C=C\C/C=C\C/C=C\C/C=C\C/C=C\CCCCCCCCCCCCCCCC(=O)OC(COC(=O)CCCCCCCCCCCCCCCCC/C=C\CCCCCCCCCC)COC(OCC[N+](C)(C)C)C(=O)O. The molecule has 0 saturated carbocycles. The van der Waals surface area contributed by atoms with Gasteiger partial charge in [-0.3, -0.25) is 9.59 Å². The third kappa shape index (κ3) is 64.1. The van der Waals surface area contributed by atoms with E-state index in [-0.39, 0.29) is 32.2 Å². The summed E-state index contributed by atoms with van der Waals surface area (Å²) in [7, 11) is 5.98. The van der Waals surface area contributed by atoms with Crippen LogP contribution >= 0.6 is 0 Å². The fourth-order valence-corrected chi connectivity index (χ4v) is 9.74. The summed E-state index contributed by atoms with van der Waals surface area (Å²) in [6.07, 6.45) is 80.0. The number of nitrogens with zero attached hydrogens (tertiary/aromatic N) is 1. The molecule has 2 atom stereocenters. The molecule has 470 valence electrons. The number of carbonyl (C=O) groups is 3. The number of esters is 2. The number of carboxylic acid groups (broad SMARTS) is 1. The van der Waals surface area contributed by atoms with E-state index >= 15 is 0 Å². The van der Waals surface area contributed by atoms with Crippen LogP contribution in [0.3, 0.4) is 0 Å². The van der Waals surface area contributed by atoms with Gasteiger partial charge in [-0.25, -0.2) is 4.79 Å². The van der Waals surface area contributed by atoms with Gasteiger partial charge in [0.2, 0.25) is 0 Å². The Hall–Kier alpha value is -3.27. The third-order valence-electron chi connectivity index (χ3n) is 14.9. The van der Waals surface area contributed by atoms with E-state index in [0.29, 0.717) is 17.4 Å². The van der Waals surface area contributed by atoms with Gasteiger partial charge in [0.1, 0.15) is 13.2 Å². The highest BCUT2D eigenvalue weighted by Gasteiger charge is 2.25. The molecule has 0 amide bonds. The summed E-state index contributed by atoms with van der Waals surface area (Å²) in [5, 5.41) is 9.74. The van der Waals surface area contributed by atoms with Crippen molar-refractivity contribution < 1.29 is 42.9 Å². The fourth-order valence-electron chi connectivity index (χ4n) is 9.74. The molecule has 0 aromatic carbocycles. The smallest absolute Gasteiger partial charge is 0.361 e. The molecule has 0 aromatic heterocycles. The molecule has 0 aliphatic heterocycles. The summed E-state index contributed by atoms with van der Waals surface area (Å²) in [4.78, 5) is 37.6. The number of carbonyl (C=O) groups excluding carboxylic acids is 2. The molecule has 0 fully saturated rings. The molecule has 9 nitrogen and oxygen atoms in total. The average molecular weight is 1140 g/mol. The van der Waals surface area contributed by atoms with E-state index < -0.39 is 24.3 Å². The number of carboxylic acids is 1. The van der Waals surface area contributed by atoms with Gasteiger partial charge < -0.3 is 28.5 Å². The van der Waals surface area contributed by atoms with Gasteiger partial charge in [-0.05, 0) is 83.5 Å². The highest BCUT2D eigenvalue weighted by atomic mass is 16.7. The van der Waals surface area contributed by atoms with Crippen molar-refractivity contribution in [3.8, 4) is 0 Å². The van der Waals surface area contributed by atoms with E-state index in [4.69, 9.17) is 18.9 Å². The zero-order valence-electron chi connectivity index (χ0n) is 53.7. The maximum Gasteiger partial charge on any atom is 0.361 e. The van der Waals surface area contributed by atoms with E-state index in [1.807, 2.05) is 21.1 Å². The van der Waals surface area contributed by atoms with Gasteiger partial charge in [-0.1, -0.05) is 286 Å². The van der Waals surface area contributed by atoms with Crippen LogP contribution in [0.4, 0.5) is 0 Å². The van der Waals surface area contributed by atoms with E-state index in [0.717, 1.165) is 70.6 Å². The monoisotopic (exact) mass is 1140 g/mol. The summed E-state index contributed by atoms with van der Waals surface area (Å²) < 4.78 is 23.0. The number of allylic oxidation sites excluding steroid dienone is 12. The van der Waals surface area contributed by atoms with Gasteiger partial charge in [0.15, 0.2) is 6.10 Å². The van der Waals surface area contributed by atoms with Crippen LogP contribution in [0.15, 0.2) is 72.9 Å². The Morgan fingerprint density at radius 2 is 0.704 bits per heavy atom. The topological polar surface area (TPSA) is 108 Å². The van der Waals surface area contributed by atoms with Crippen LogP contribution in [-0.4, -0.2) is 87.4 Å². The fraction of sp³-hybridized carbons (Fsp3) is 0.792. The Morgan fingerprint density at radius 3 is 1.06 bits per heavy atom. The van der Waals surface area contributed by atoms with Gasteiger partial charge >= 0.3 is 17.9 Å². The molecule has 0 radical (unpaired) electrons. The van der Waals surface area contributed by atoms with Gasteiger partial charge in [-0.2, -0.15) is 0 Å². The second kappa shape index (κ2) is 62.8. The maximum atomic E-state index is 12.9. The van der Waals surface area contributed by atoms with Crippen molar-refractivity contribution in [3.63, 3.8) is 0 Å². The Morgan fingerprint density at radius 1 is 0.383 bits per heavy atom. The molecule has 0 aromatic rings. The third-order valence-corrected chi connectivity index (χ3v) is 14.9. The molecule has 0 heterocycles. The molecular weight excluding hydrogens is 1010 g/mol. The predicted molar refractivity (Wildman–Crippen MR) is 346 cm³/mol. The van der Waals surface area contributed by atoms with Crippen LogP contribution in [0.2, 0.25) is 0 Å². The van der Waals surface area contributed by atoms with Gasteiger partial charge in [-0.15, -0.1) is 0 Å². The lowest BCUT2D eigenvalue weighted by Gasteiger charge is -2.25. The Balaban J connectivity index is 4.13. The summed E-state index contributed by atoms with van der Waals surface area (Å²) >= 11 is 0. The lowest BCUT2D eigenvalue weighted by Crippen LogP contribution is -2.40. The van der Waals surface area contributed by atoms with Gasteiger partial charge in [0, 0.05) is 12.8 Å². The zero-order valence-corrected chi connectivity index (χ0v) is 53.7. The van der Waals surface area contributed by atoms with E-state index in [2.05, 4.69) is 86.8 Å². The van der Waals surface area contributed by atoms with Crippen LogP contribution in [0.25, 0.3) is 0 Å². The first-order valence-electron chi connectivity index (χ1n) is 34.1. The van der Waals surface area contributed by atoms with Crippen molar-refractivity contribution >= 4 is 17.9 Å². The normalized spacial score (nSPS) is 13.1. The number of rotatable bonds is 63. The van der Waals surface area contributed by atoms with Crippen molar-refractivity contribution in [1.29, 1.82) is 0 Å².